The summed E-state index contributed by atoms with van der Waals surface area (Å²) >= 11 is 0. The Hall–Kier alpha value is -2.75. The summed E-state index contributed by atoms with van der Waals surface area (Å²) in [6.45, 7) is 3.51. The fraction of sp³-hybridized carbons (Fsp3) is 0.286. The van der Waals surface area contributed by atoms with E-state index in [2.05, 4.69) is 22.1 Å². The Labute approximate surface area is 147 Å². The molecule has 4 nitrogen and oxygen atoms in total. The Morgan fingerprint density at radius 2 is 2.08 bits per heavy atom. The SMILES string of the molecule is Cc1ncccc1C(=O)N1CC[C@H](Cc2cnc3ccccc3c2)C1. The summed E-state index contributed by atoms with van der Waals surface area (Å²) in [4.78, 5) is 23.5. The molecule has 25 heavy (non-hydrogen) atoms. The lowest BCUT2D eigenvalue weighted by Crippen LogP contribution is -2.29. The summed E-state index contributed by atoms with van der Waals surface area (Å²) in [6.07, 6.45) is 5.70. The predicted molar refractivity (Wildman–Crippen MR) is 98.4 cm³/mol. The highest BCUT2D eigenvalue weighted by molar-refractivity contribution is 5.95. The minimum Gasteiger partial charge on any atom is -0.338 e. The van der Waals surface area contributed by atoms with Crippen LogP contribution in [0.1, 0.15) is 28.0 Å². The van der Waals surface area contributed by atoms with Crippen molar-refractivity contribution in [2.45, 2.75) is 19.8 Å². The second kappa shape index (κ2) is 6.63. The number of fused-ring (bicyclic) bond motifs is 1. The van der Waals surface area contributed by atoms with Crippen molar-refractivity contribution in [3.8, 4) is 0 Å². The lowest BCUT2D eigenvalue weighted by Gasteiger charge is -2.17. The highest BCUT2D eigenvalue weighted by Crippen LogP contribution is 2.24. The highest BCUT2D eigenvalue weighted by atomic mass is 16.2. The Morgan fingerprint density at radius 1 is 1.20 bits per heavy atom. The topological polar surface area (TPSA) is 46.1 Å². The van der Waals surface area contributed by atoms with E-state index in [1.165, 1.54) is 10.9 Å². The Kier molecular flexibility index (Phi) is 4.18. The van der Waals surface area contributed by atoms with Crippen molar-refractivity contribution in [2.24, 2.45) is 5.92 Å². The standard InChI is InChI=1S/C21H21N3O/c1-15-19(6-4-9-22-15)21(25)24-10-8-16(14-24)11-17-12-18-5-2-3-7-20(18)23-13-17/h2-7,9,12-13,16H,8,10-11,14H2,1H3/t16-/m1/s1. The van der Waals surface area contributed by atoms with Gasteiger partial charge in [-0.25, -0.2) is 0 Å². The molecule has 1 fully saturated rings. The molecule has 0 bridgehead atoms. The van der Waals surface area contributed by atoms with Gasteiger partial charge in [-0.05, 0) is 55.5 Å². The molecule has 0 saturated carbocycles. The van der Waals surface area contributed by atoms with Gasteiger partial charge in [-0.15, -0.1) is 0 Å². The van der Waals surface area contributed by atoms with E-state index < -0.39 is 0 Å². The number of pyridine rings is 2. The van der Waals surface area contributed by atoms with E-state index in [4.69, 9.17) is 0 Å². The summed E-state index contributed by atoms with van der Waals surface area (Å²) in [5.74, 6) is 0.591. The van der Waals surface area contributed by atoms with Gasteiger partial charge in [0.2, 0.25) is 0 Å². The second-order valence-corrected chi connectivity index (χ2v) is 6.78. The van der Waals surface area contributed by atoms with Gasteiger partial charge < -0.3 is 4.90 Å². The number of nitrogens with zero attached hydrogens (tertiary/aromatic N) is 3. The molecule has 1 aromatic carbocycles. The van der Waals surface area contributed by atoms with Gasteiger partial charge in [0.25, 0.3) is 5.91 Å². The quantitative estimate of drug-likeness (QED) is 0.736. The molecule has 2 aromatic heterocycles. The van der Waals surface area contributed by atoms with Gasteiger partial charge in [-0.2, -0.15) is 0 Å². The molecule has 3 aromatic rings. The number of benzene rings is 1. The molecule has 0 radical (unpaired) electrons. The van der Waals surface area contributed by atoms with Crippen LogP contribution in [0.15, 0.2) is 54.9 Å². The Bertz CT molecular complexity index is 922. The molecule has 126 valence electrons. The monoisotopic (exact) mass is 331 g/mol. The molecule has 1 amide bonds. The second-order valence-electron chi connectivity index (χ2n) is 6.78. The van der Waals surface area contributed by atoms with Crippen molar-refractivity contribution in [2.75, 3.05) is 13.1 Å². The van der Waals surface area contributed by atoms with E-state index in [9.17, 15) is 4.79 Å². The summed E-state index contributed by atoms with van der Waals surface area (Å²) in [5, 5.41) is 1.18. The zero-order valence-electron chi connectivity index (χ0n) is 14.4. The highest BCUT2D eigenvalue weighted by Gasteiger charge is 2.28. The van der Waals surface area contributed by atoms with Gasteiger partial charge in [0.1, 0.15) is 0 Å². The minimum atomic E-state index is 0.102. The maximum Gasteiger partial charge on any atom is 0.255 e. The third-order valence-electron chi connectivity index (χ3n) is 4.98. The van der Waals surface area contributed by atoms with Crippen molar-refractivity contribution in [3.63, 3.8) is 0 Å². The maximum atomic E-state index is 12.7. The zero-order chi connectivity index (χ0) is 17.2. The minimum absolute atomic E-state index is 0.102. The number of rotatable bonds is 3. The van der Waals surface area contributed by atoms with Gasteiger partial charge in [0.05, 0.1) is 11.1 Å². The summed E-state index contributed by atoms with van der Waals surface area (Å²) in [7, 11) is 0. The fourth-order valence-electron chi connectivity index (χ4n) is 3.63. The van der Waals surface area contributed by atoms with Crippen LogP contribution in [0.5, 0.6) is 0 Å². The first kappa shape index (κ1) is 15.8. The van der Waals surface area contributed by atoms with Crippen LogP contribution in [0.3, 0.4) is 0 Å². The van der Waals surface area contributed by atoms with Gasteiger partial charge >= 0.3 is 0 Å². The van der Waals surface area contributed by atoms with Gasteiger partial charge in [0, 0.05) is 36.6 Å². The summed E-state index contributed by atoms with van der Waals surface area (Å²) in [5.41, 5.74) is 3.79. The number of amides is 1. The van der Waals surface area contributed by atoms with Crippen LogP contribution in [-0.4, -0.2) is 33.9 Å². The van der Waals surface area contributed by atoms with Crippen LogP contribution in [0.25, 0.3) is 10.9 Å². The van der Waals surface area contributed by atoms with Crippen molar-refractivity contribution >= 4 is 16.8 Å². The van der Waals surface area contributed by atoms with Crippen molar-refractivity contribution in [1.29, 1.82) is 0 Å². The summed E-state index contributed by atoms with van der Waals surface area (Å²) in [6, 6.07) is 14.1. The molecular weight excluding hydrogens is 310 g/mol. The number of carbonyl (C=O) groups is 1. The molecule has 0 N–H and O–H groups in total. The lowest BCUT2D eigenvalue weighted by molar-refractivity contribution is 0.0786. The normalized spacial score (nSPS) is 17.2. The maximum absolute atomic E-state index is 12.7. The number of hydrogen-bond donors (Lipinski definition) is 0. The zero-order valence-corrected chi connectivity index (χ0v) is 14.4. The molecule has 0 unspecified atom stereocenters. The van der Waals surface area contributed by atoms with E-state index in [-0.39, 0.29) is 5.91 Å². The smallest absolute Gasteiger partial charge is 0.255 e. The van der Waals surface area contributed by atoms with Crippen LogP contribution in [0.4, 0.5) is 0 Å². The van der Waals surface area contributed by atoms with Crippen LogP contribution in [-0.2, 0) is 6.42 Å². The van der Waals surface area contributed by atoms with E-state index in [1.54, 1.807) is 6.20 Å². The van der Waals surface area contributed by atoms with Crippen molar-refractivity contribution in [3.05, 3.63) is 71.7 Å². The predicted octanol–water partition coefficient (Wildman–Crippen LogP) is 3.64. The van der Waals surface area contributed by atoms with E-state index in [0.717, 1.165) is 42.7 Å². The van der Waals surface area contributed by atoms with Gasteiger partial charge in [-0.1, -0.05) is 18.2 Å². The number of para-hydroxylation sites is 1. The first-order chi connectivity index (χ1) is 12.2. The number of carbonyl (C=O) groups excluding carboxylic acids is 1. The molecular formula is C21H21N3O. The largest absolute Gasteiger partial charge is 0.338 e. The third kappa shape index (κ3) is 3.25. The number of hydrogen-bond acceptors (Lipinski definition) is 3. The first-order valence-electron chi connectivity index (χ1n) is 8.75. The molecule has 1 atom stereocenters. The van der Waals surface area contributed by atoms with Gasteiger partial charge in [-0.3, -0.25) is 14.8 Å². The average molecular weight is 331 g/mol. The van der Waals surface area contributed by atoms with Gasteiger partial charge in [0.15, 0.2) is 0 Å². The summed E-state index contributed by atoms with van der Waals surface area (Å²) < 4.78 is 0. The number of aromatic nitrogens is 2. The molecule has 0 aliphatic carbocycles. The van der Waals surface area contributed by atoms with Crippen molar-refractivity contribution in [1.82, 2.24) is 14.9 Å². The molecule has 1 saturated heterocycles. The Morgan fingerprint density at radius 3 is 2.96 bits per heavy atom. The molecule has 1 aliphatic rings. The van der Waals surface area contributed by atoms with E-state index >= 15 is 0 Å². The lowest BCUT2D eigenvalue weighted by atomic mass is 9.99. The fourth-order valence-corrected chi connectivity index (χ4v) is 3.63. The van der Waals surface area contributed by atoms with Crippen LogP contribution < -0.4 is 0 Å². The molecule has 1 aliphatic heterocycles. The number of likely N-dealkylation sites (tertiary alicyclic amines) is 1. The molecule has 3 heterocycles. The van der Waals surface area contributed by atoms with E-state index in [0.29, 0.717) is 5.92 Å². The van der Waals surface area contributed by atoms with Crippen LogP contribution in [0, 0.1) is 12.8 Å². The average Bonchev–Trinajstić information content (AvgIpc) is 3.10. The molecule has 0 spiro atoms. The van der Waals surface area contributed by atoms with Crippen molar-refractivity contribution < 1.29 is 4.79 Å². The van der Waals surface area contributed by atoms with E-state index in [1.807, 2.05) is 48.4 Å². The molecule has 4 rings (SSSR count). The number of aryl methyl sites for hydroxylation is 1. The van der Waals surface area contributed by atoms with Crippen LogP contribution >= 0.6 is 0 Å². The molecule has 4 heteroatoms. The van der Waals surface area contributed by atoms with Crippen LogP contribution in [0.2, 0.25) is 0 Å². The first-order valence-corrected chi connectivity index (χ1v) is 8.75. The third-order valence-corrected chi connectivity index (χ3v) is 4.98. The Balaban J connectivity index is 1.45.